The van der Waals surface area contributed by atoms with E-state index in [9.17, 15) is 0 Å². The summed E-state index contributed by atoms with van der Waals surface area (Å²) in [6, 6.07) is 4.81. The van der Waals surface area contributed by atoms with Crippen LogP contribution in [0, 0.1) is 12.0 Å². The smallest absolute Gasteiger partial charge is 0.573 e. The molecule has 1 aromatic heterocycles. The second kappa shape index (κ2) is 7.06. The van der Waals surface area contributed by atoms with E-state index in [0.29, 0.717) is 5.92 Å². The van der Waals surface area contributed by atoms with E-state index in [-0.39, 0.29) is 18.9 Å². The third-order valence-electron chi connectivity index (χ3n) is 1.94. The molecule has 0 aliphatic carbocycles. The fourth-order valence-electron chi connectivity index (χ4n) is 1.23. The molecule has 0 N–H and O–H groups in total. The summed E-state index contributed by atoms with van der Waals surface area (Å²) in [5, 5.41) is 0. The second-order valence-electron chi connectivity index (χ2n) is 3.19. The van der Waals surface area contributed by atoms with Crippen molar-refractivity contribution in [3.05, 3.63) is 36.8 Å². The molecule has 0 spiro atoms. The molecule has 0 bridgehead atoms. The Morgan fingerprint density at radius 3 is 3.00 bits per heavy atom. The number of hydrogen-bond donors (Lipinski definition) is 0. The molecule has 66 valence electrons. The number of allylic oxidation sites excluding steroid dienone is 1. The molecule has 1 rings (SSSR count). The van der Waals surface area contributed by atoms with Gasteiger partial charge in [0.1, 0.15) is 0 Å². The summed E-state index contributed by atoms with van der Waals surface area (Å²) in [6.07, 6.45) is 6.85. The van der Waals surface area contributed by atoms with Crippen molar-refractivity contribution in [2.24, 2.45) is 5.92 Å². The maximum atomic E-state index is 5.20. The third kappa shape index (κ3) is 5.03. The zero-order chi connectivity index (χ0) is 8.81. The summed E-state index contributed by atoms with van der Waals surface area (Å²) in [7, 11) is 0. The molecule has 13 heavy (non-hydrogen) atoms. The molecule has 1 nitrogen and oxygen atoms in total. The van der Waals surface area contributed by atoms with E-state index in [2.05, 4.69) is 19.6 Å². The summed E-state index contributed by atoms with van der Waals surface area (Å²) in [5.41, 5.74) is 0. The monoisotopic (exact) mass is 170 g/mol. The van der Waals surface area contributed by atoms with Crippen LogP contribution in [0.15, 0.2) is 29.4 Å². The molecule has 0 saturated carbocycles. The zero-order valence-electron chi connectivity index (χ0n) is 8.55. The molecule has 1 atom stereocenters. The number of hydrogen-bond acceptors (Lipinski definition) is 1. The first-order valence-electron chi connectivity index (χ1n) is 4.37. The van der Waals surface area contributed by atoms with Crippen molar-refractivity contribution in [1.29, 1.82) is 0 Å². The predicted octanol–water partition coefficient (Wildman–Crippen LogP) is 0.229. The van der Waals surface area contributed by atoms with Crippen LogP contribution < -0.4 is 18.9 Å². The van der Waals surface area contributed by atoms with Gasteiger partial charge in [-0.25, -0.2) is 6.07 Å². The van der Waals surface area contributed by atoms with Crippen molar-refractivity contribution in [3.8, 4) is 0 Å². The molecule has 0 aliphatic heterocycles. The Kier molecular flexibility index (Phi) is 6.85. The van der Waals surface area contributed by atoms with Gasteiger partial charge in [-0.1, -0.05) is 31.1 Å². The fraction of sp³-hybridized carbons (Fsp3) is 0.455. The summed E-state index contributed by atoms with van der Waals surface area (Å²) in [6.45, 7) is 5.93. The first-order valence-corrected chi connectivity index (χ1v) is 4.37. The molecule has 1 heterocycles. The van der Waals surface area contributed by atoms with Gasteiger partial charge in [0.05, 0.1) is 0 Å². The maximum absolute atomic E-state index is 5.20. The van der Waals surface area contributed by atoms with E-state index in [1.165, 1.54) is 6.42 Å². The van der Waals surface area contributed by atoms with Crippen LogP contribution >= 0.6 is 0 Å². The standard InChI is InChI=1S/C11H15O.Li/c1-3-4-6-10(2)9-11-7-5-8-12-11;/h3,7-8,10H,1,4,6,9H2,2H3;/q-1;+1/t10-;/m0./s1. The van der Waals surface area contributed by atoms with Crippen molar-refractivity contribution in [2.75, 3.05) is 0 Å². The quantitative estimate of drug-likeness (QED) is 0.350. The van der Waals surface area contributed by atoms with Gasteiger partial charge < -0.3 is 4.42 Å². The topological polar surface area (TPSA) is 13.1 Å². The van der Waals surface area contributed by atoms with Gasteiger partial charge in [0, 0.05) is 0 Å². The number of furan rings is 1. The Morgan fingerprint density at radius 2 is 2.46 bits per heavy atom. The Morgan fingerprint density at radius 1 is 1.69 bits per heavy atom. The van der Waals surface area contributed by atoms with Crippen molar-refractivity contribution in [3.63, 3.8) is 0 Å². The van der Waals surface area contributed by atoms with Crippen LogP contribution in [0.4, 0.5) is 0 Å². The van der Waals surface area contributed by atoms with Crippen molar-refractivity contribution < 1.29 is 23.3 Å². The zero-order valence-corrected chi connectivity index (χ0v) is 8.55. The van der Waals surface area contributed by atoms with Gasteiger partial charge in [0.25, 0.3) is 0 Å². The molecular weight excluding hydrogens is 155 g/mol. The van der Waals surface area contributed by atoms with Gasteiger partial charge in [-0.2, -0.15) is 6.07 Å². The van der Waals surface area contributed by atoms with Crippen LogP contribution in [-0.4, -0.2) is 0 Å². The van der Waals surface area contributed by atoms with E-state index < -0.39 is 0 Å². The molecule has 0 aliphatic rings. The minimum Gasteiger partial charge on any atom is -0.573 e. The fourth-order valence-corrected chi connectivity index (χ4v) is 1.23. The summed E-state index contributed by atoms with van der Waals surface area (Å²) in [4.78, 5) is 0. The predicted molar refractivity (Wildman–Crippen MR) is 49.8 cm³/mol. The van der Waals surface area contributed by atoms with Crippen molar-refractivity contribution in [2.45, 2.75) is 26.2 Å². The minimum absolute atomic E-state index is 0. The molecule has 0 amide bonds. The first kappa shape index (κ1) is 12.6. The van der Waals surface area contributed by atoms with Gasteiger partial charge in [-0.05, 0) is 19.1 Å². The first-order chi connectivity index (χ1) is 5.83. The SMILES string of the molecule is C=CCC[C@H](C)Cc1c[c-]co1.[Li+]. The van der Waals surface area contributed by atoms with Gasteiger partial charge in [-0.3, -0.25) is 0 Å². The largest absolute Gasteiger partial charge is 1.00 e. The van der Waals surface area contributed by atoms with E-state index in [1.54, 1.807) is 6.26 Å². The van der Waals surface area contributed by atoms with E-state index in [1.807, 2.05) is 12.1 Å². The van der Waals surface area contributed by atoms with Crippen LogP contribution in [0.2, 0.25) is 0 Å². The normalized spacial score (nSPS) is 11.8. The average molecular weight is 170 g/mol. The van der Waals surface area contributed by atoms with Crippen molar-refractivity contribution >= 4 is 0 Å². The molecule has 0 radical (unpaired) electrons. The molecular formula is C11H15LiO. The second-order valence-corrected chi connectivity index (χ2v) is 3.19. The van der Waals surface area contributed by atoms with Gasteiger partial charge >= 0.3 is 18.9 Å². The van der Waals surface area contributed by atoms with Crippen LogP contribution in [0.1, 0.15) is 25.5 Å². The third-order valence-corrected chi connectivity index (χ3v) is 1.94. The average Bonchev–Trinajstić information content (AvgIpc) is 2.53. The van der Waals surface area contributed by atoms with Crippen LogP contribution in [0.5, 0.6) is 0 Å². The van der Waals surface area contributed by atoms with Crippen LogP contribution in [0.25, 0.3) is 0 Å². The minimum atomic E-state index is 0. The van der Waals surface area contributed by atoms with Gasteiger partial charge in [0.2, 0.25) is 0 Å². The summed E-state index contributed by atoms with van der Waals surface area (Å²) >= 11 is 0. The Labute approximate surface area is 92.4 Å². The van der Waals surface area contributed by atoms with E-state index in [0.717, 1.165) is 18.6 Å². The maximum Gasteiger partial charge on any atom is 1.00 e. The Bertz CT molecular complexity index is 216. The van der Waals surface area contributed by atoms with Gasteiger partial charge in [0.15, 0.2) is 0 Å². The molecule has 2 heteroatoms. The van der Waals surface area contributed by atoms with Crippen LogP contribution in [-0.2, 0) is 6.42 Å². The van der Waals surface area contributed by atoms with E-state index in [4.69, 9.17) is 4.42 Å². The molecule has 0 unspecified atom stereocenters. The Hall–Kier alpha value is -0.383. The van der Waals surface area contributed by atoms with Crippen LogP contribution in [0.3, 0.4) is 0 Å². The molecule has 0 aromatic carbocycles. The Balaban J connectivity index is 0.00000144. The van der Waals surface area contributed by atoms with Crippen molar-refractivity contribution in [1.82, 2.24) is 0 Å². The van der Waals surface area contributed by atoms with E-state index >= 15 is 0 Å². The molecule has 0 saturated heterocycles. The number of rotatable bonds is 5. The summed E-state index contributed by atoms with van der Waals surface area (Å²) < 4.78 is 5.20. The molecule has 1 aromatic rings. The van der Waals surface area contributed by atoms with Gasteiger partial charge in [-0.15, -0.1) is 6.58 Å². The summed E-state index contributed by atoms with van der Waals surface area (Å²) in [5.74, 6) is 1.70. The molecule has 0 fully saturated rings.